The zero-order valence-corrected chi connectivity index (χ0v) is 13.6. The van der Waals surface area contributed by atoms with Crippen molar-refractivity contribution in [2.24, 2.45) is 0 Å². The molecular weight excluding hydrogens is 354 g/mol. The summed E-state index contributed by atoms with van der Waals surface area (Å²) in [5.74, 6) is -2.76. The van der Waals surface area contributed by atoms with Gasteiger partial charge in [0.05, 0.1) is 11.1 Å². The highest BCUT2D eigenvalue weighted by Crippen LogP contribution is 2.45. The lowest BCUT2D eigenvalue weighted by molar-refractivity contribution is -0.156. The van der Waals surface area contributed by atoms with Crippen LogP contribution >= 0.6 is 0 Å². The van der Waals surface area contributed by atoms with Crippen molar-refractivity contribution >= 4 is 28.3 Å². The molecular formula is C18H13N3O6. The van der Waals surface area contributed by atoms with E-state index in [0.717, 1.165) is 11.1 Å². The number of carbonyl (C=O) groups is 2. The van der Waals surface area contributed by atoms with Gasteiger partial charge in [-0.1, -0.05) is 18.2 Å². The Morgan fingerprint density at radius 3 is 2.56 bits per heavy atom. The maximum absolute atomic E-state index is 12.0. The summed E-state index contributed by atoms with van der Waals surface area (Å²) in [7, 11) is 0. The van der Waals surface area contributed by atoms with Gasteiger partial charge in [-0.3, -0.25) is 9.59 Å². The minimum Gasteiger partial charge on any atom is -0.479 e. The highest BCUT2D eigenvalue weighted by Gasteiger charge is 2.30. The summed E-state index contributed by atoms with van der Waals surface area (Å²) >= 11 is 0. The molecule has 2 atom stereocenters. The Kier molecular flexibility index (Phi) is 3.76. The number of carboxylic acid groups (broad SMARTS) is 1. The van der Waals surface area contributed by atoms with Gasteiger partial charge in [-0.05, 0) is 29.3 Å². The van der Waals surface area contributed by atoms with Gasteiger partial charge in [0.1, 0.15) is 0 Å². The molecule has 5 N–H and O–H groups in total. The summed E-state index contributed by atoms with van der Waals surface area (Å²) in [4.78, 5) is 34.6. The molecule has 9 heteroatoms. The number of hydrogen-bond acceptors (Lipinski definition) is 6. The summed E-state index contributed by atoms with van der Waals surface area (Å²) in [6, 6.07) is 10.2. The van der Waals surface area contributed by atoms with Crippen LogP contribution in [0, 0.1) is 0 Å². The number of aromatic amines is 1. The second-order valence-corrected chi connectivity index (χ2v) is 6.11. The maximum atomic E-state index is 12.0. The van der Waals surface area contributed by atoms with Crippen molar-refractivity contribution in [1.29, 1.82) is 0 Å². The summed E-state index contributed by atoms with van der Waals surface area (Å²) in [5, 5.41) is 37.7. The number of aromatic nitrogens is 2. The van der Waals surface area contributed by atoms with Crippen LogP contribution in [0.3, 0.4) is 0 Å². The van der Waals surface area contributed by atoms with Crippen molar-refractivity contribution in [3.05, 3.63) is 46.8 Å². The van der Waals surface area contributed by atoms with E-state index in [9.17, 15) is 24.6 Å². The van der Waals surface area contributed by atoms with Gasteiger partial charge in [0.25, 0.3) is 11.5 Å². The van der Waals surface area contributed by atoms with Crippen LogP contribution < -0.4 is 10.9 Å². The summed E-state index contributed by atoms with van der Waals surface area (Å²) in [6.07, 6.45) is -4.35. The molecule has 27 heavy (non-hydrogen) atoms. The lowest BCUT2D eigenvalue weighted by Gasteiger charge is -2.14. The van der Waals surface area contributed by atoms with E-state index < -0.39 is 24.1 Å². The lowest BCUT2D eigenvalue weighted by atomic mass is 10.0. The molecule has 2 aromatic carbocycles. The van der Waals surface area contributed by atoms with Crippen LogP contribution in [0.15, 0.2) is 41.2 Å². The number of fused-ring (bicyclic) bond motifs is 3. The Hall–Kier alpha value is -3.56. The van der Waals surface area contributed by atoms with Crippen LogP contribution in [0.5, 0.6) is 0 Å². The van der Waals surface area contributed by atoms with Crippen molar-refractivity contribution in [2.75, 3.05) is 5.32 Å². The second kappa shape index (κ2) is 6.01. The first-order valence-electron chi connectivity index (χ1n) is 7.94. The van der Waals surface area contributed by atoms with Crippen LogP contribution in [0.2, 0.25) is 0 Å². The van der Waals surface area contributed by atoms with Gasteiger partial charge in [-0.2, -0.15) is 5.10 Å². The van der Waals surface area contributed by atoms with Crippen LogP contribution in [-0.2, 0) is 9.59 Å². The average Bonchev–Trinajstić information content (AvgIpc) is 2.98. The normalized spacial score (nSPS) is 13.9. The minimum atomic E-state index is -2.23. The Labute approximate surface area is 150 Å². The van der Waals surface area contributed by atoms with Crippen LogP contribution in [0.25, 0.3) is 33.2 Å². The Morgan fingerprint density at radius 1 is 1.04 bits per heavy atom. The zero-order valence-electron chi connectivity index (χ0n) is 13.6. The van der Waals surface area contributed by atoms with Gasteiger partial charge in [0, 0.05) is 16.6 Å². The SMILES string of the molecule is O=C(O)C(O)C(O)C(=O)Nc1ccc2c(c1)-c1n[nH]c(=O)c3cccc-2c13. The predicted octanol–water partition coefficient (Wildman–Crippen LogP) is 0.315. The van der Waals surface area contributed by atoms with E-state index in [1.165, 1.54) is 0 Å². The third-order valence-corrected chi connectivity index (χ3v) is 4.47. The van der Waals surface area contributed by atoms with Crippen LogP contribution in [-0.4, -0.2) is 49.6 Å². The van der Waals surface area contributed by atoms with E-state index >= 15 is 0 Å². The molecule has 1 amide bonds. The van der Waals surface area contributed by atoms with E-state index in [2.05, 4.69) is 15.5 Å². The number of hydrogen-bond donors (Lipinski definition) is 5. The first kappa shape index (κ1) is 16.9. The second-order valence-electron chi connectivity index (χ2n) is 6.11. The third-order valence-electron chi connectivity index (χ3n) is 4.47. The average molecular weight is 367 g/mol. The maximum Gasteiger partial charge on any atom is 0.335 e. The molecule has 2 unspecified atom stereocenters. The molecule has 4 rings (SSSR count). The molecule has 0 saturated carbocycles. The molecule has 1 aliphatic carbocycles. The number of aliphatic hydroxyl groups excluding tert-OH is 2. The number of benzene rings is 2. The number of rotatable bonds is 4. The van der Waals surface area contributed by atoms with Crippen molar-refractivity contribution in [2.45, 2.75) is 12.2 Å². The van der Waals surface area contributed by atoms with Crippen LogP contribution in [0.4, 0.5) is 5.69 Å². The molecule has 1 aromatic heterocycles. The largest absolute Gasteiger partial charge is 0.479 e. The minimum absolute atomic E-state index is 0.282. The first-order chi connectivity index (χ1) is 12.9. The van der Waals surface area contributed by atoms with E-state index in [1.54, 1.807) is 30.3 Å². The van der Waals surface area contributed by atoms with Gasteiger partial charge in [0.2, 0.25) is 0 Å². The van der Waals surface area contributed by atoms with Crippen molar-refractivity contribution in [1.82, 2.24) is 10.2 Å². The van der Waals surface area contributed by atoms with Crippen molar-refractivity contribution in [3.63, 3.8) is 0 Å². The number of amides is 1. The fourth-order valence-electron chi connectivity index (χ4n) is 3.19. The van der Waals surface area contributed by atoms with E-state index in [0.29, 0.717) is 22.0 Å². The summed E-state index contributed by atoms with van der Waals surface area (Å²) in [6.45, 7) is 0. The highest BCUT2D eigenvalue weighted by molar-refractivity contribution is 6.14. The highest BCUT2D eigenvalue weighted by atomic mass is 16.4. The lowest BCUT2D eigenvalue weighted by Crippen LogP contribution is -2.42. The molecule has 3 aromatic rings. The number of anilines is 1. The van der Waals surface area contributed by atoms with E-state index in [4.69, 9.17) is 5.11 Å². The Bertz CT molecular complexity index is 1170. The molecule has 0 spiro atoms. The van der Waals surface area contributed by atoms with Crippen LogP contribution in [0.1, 0.15) is 0 Å². The standard InChI is InChI=1S/C18H13N3O6/c22-14(15(23)18(26)27)17(25)19-7-4-5-8-9-2-1-3-10-12(9)13(11(8)6-7)20-21-16(10)24/h1-6,14-15,22-23H,(H,19,25)(H,21,24)(H,26,27). The molecule has 0 radical (unpaired) electrons. The number of carboxylic acids is 1. The van der Waals surface area contributed by atoms with Gasteiger partial charge in [-0.25, -0.2) is 9.89 Å². The fraction of sp³-hybridized carbons (Fsp3) is 0.111. The number of aliphatic carboxylic acids is 1. The number of aliphatic hydroxyl groups is 2. The zero-order chi connectivity index (χ0) is 19.3. The monoisotopic (exact) mass is 367 g/mol. The molecule has 0 fully saturated rings. The molecule has 1 heterocycles. The van der Waals surface area contributed by atoms with Gasteiger partial charge in [0.15, 0.2) is 12.2 Å². The fourth-order valence-corrected chi connectivity index (χ4v) is 3.19. The number of carbonyl (C=O) groups excluding carboxylic acids is 1. The molecule has 136 valence electrons. The number of H-pyrrole nitrogens is 1. The van der Waals surface area contributed by atoms with Gasteiger partial charge < -0.3 is 20.6 Å². The van der Waals surface area contributed by atoms with E-state index in [1.807, 2.05) is 6.07 Å². The first-order valence-corrected chi connectivity index (χ1v) is 7.94. The van der Waals surface area contributed by atoms with E-state index in [-0.39, 0.29) is 11.2 Å². The third kappa shape index (κ3) is 2.57. The molecule has 0 saturated heterocycles. The summed E-state index contributed by atoms with van der Waals surface area (Å²) < 4.78 is 0. The number of nitrogens with one attached hydrogen (secondary N) is 2. The molecule has 0 bridgehead atoms. The van der Waals surface area contributed by atoms with Crippen molar-refractivity contribution < 1.29 is 24.9 Å². The van der Waals surface area contributed by atoms with Gasteiger partial charge in [-0.15, -0.1) is 0 Å². The molecule has 0 aliphatic heterocycles. The van der Waals surface area contributed by atoms with Crippen molar-refractivity contribution in [3.8, 4) is 22.4 Å². The topological polar surface area (TPSA) is 153 Å². The van der Waals surface area contributed by atoms with Gasteiger partial charge >= 0.3 is 5.97 Å². The Balaban J connectivity index is 1.72. The molecule has 9 nitrogen and oxygen atoms in total. The predicted molar refractivity (Wildman–Crippen MR) is 95.1 cm³/mol. The smallest absolute Gasteiger partial charge is 0.335 e. The number of nitrogens with zero attached hydrogens (tertiary/aromatic N) is 1. The Morgan fingerprint density at radius 2 is 1.81 bits per heavy atom. The summed E-state index contributed by atoms with van der Waals surface area (Å²) in [5.41, 5.74) is 2.87. The molecule has 1 aliphatic rings. The quantitative estimate of drug-likeness (QED) is 0.348.